The minimum atomic E-state index is 0.862. The number of benzene rings is 4. The fourth-order valence-electron chi connectivity index (χ4n) is 8.68. The van der Waals surface area contributed by atoms with E-state index in [2.05, 4.69) is 165 Å². The maximum Gasteiger partial charge on any atom is 0.138 e. The minimum Gasteiger partial charge on any atom is -0.309 e. The number of pyridine rings is 2. The van der Waals surface area contributed by atoms with Gasteiger partial charge < -0.3 is 4.57 Å². The summed E-state index contributed by atoms with van der Waals surface area (Å²) in [6.45, 7) is 0. The molecule has 5 heterocycles. The summed E-state index contributed by atoms with van der Waals surface area (Å²) >= 11 is 0. The Morgan fingerprint density at radius 3 is 1.75 bits per heavy atom. The molecule has 5 aromatic heterocycles. The summed E-state index contributed by atoms with van der Waals surface area (Å²) in [5, 5.41) is 5.07. The Bertz CT molecular complexity index is 2910. The minimum absolute atomic E-state index is 0.862. The van der Waals surface area contributed by atoms with Gasteiger partial charge >= 0.3 is 0 Å². The Morgan fingerprint density at radius 1 is 0.431 bits per heavy atom. The van der Waals surface area contributed by atoms with E-state index in [0.717, 1.165) is 54.4 Å². The normalized spacial score (nSPS) is 13.8. The molecule has 0 saturated carbocycles. The molecular formula is C46H33N5. The lowest BCUT2D eigenvalue weighted by atomic mass is 10.0. The average Bonchev–Trinajstić information content (AvgIpc) is 3.84. The van der Waals surface area contributed by atoms with E-state index in [1.165, 1.54) is 66.1 Å². The van der Waals surface area contributed by atoms with E-state index < -0.39 is 0 Å². The summed E-state index contributed by atoms with van der Waals surface area (Å²) in [5.41, 5.74) is 12.9. The van der Waals surface area contributed by atoms with Crippen molar-refractivity contribution in [2.75, 3.05) is 0 Å². The highest BCUT2D eigenvalue weighted by Crippen LogP contribution is 2.42. The van der Waals surface area contributed by atoms with Crippen LogP contribution in [-0.2, 0) is 12.8 Å². The molecule has 2 aliphatic carbocycles. The van der Waals surface area contributed by atoms with Crippen LogP contribution in [0.15, 0.2) is 140 Å². The van der Waals surface area contributed by atoms with Crippen LogP contribution >= 0.6 is 0 Å². The number of nitrogens with zero attached hydrogens (tertiary/aromatic N) is 5. The summed E-state index contributed by atoms with van der Waals surface area (Å²) < 4.78 is 7.19. The predicted molar refractivity (Wildman–Crippen MR) is 210 cm³/mol. The molecule has 0 spiro atoms. The number of hydrogen-bond donors (Lipinski definition) is 0. The Morgan fingerprint density at radius 2 is 1.02 bits per heavy atom. The Labute approximate surface area is 295 Å². The predicted octanol–water partition coefficient (Wildman–Crippen LogP) is 11.0. The zero-order valence-corrected chi connectivity index (χ0v) is 28.0. The zero-order chi connectivity index (χ0) is 33.5. The van der Waals surface area contributed by atoms with Crippen molar-refractivity contribution in [2.45, 2.75) is 25.7 Å². The lowest BCUT2D eigenvalue weighted by molar-refractivity contribution is 0.867. The second-order valence-electron chi connectivity index (χ2n) is 13.6. The van der Waals surface area contributed by atoms with Crippen molar-refractivity contribution in [1.82, 2.24) is 23.7 Å². The second-order valence-corrected chi connectivity index (χ2v) is 13.6. The van der Waals surface area contributed by atoms with Crippen LogP contribution in [0.2, 0.25) is 0 Å². The van der Waals surface area contributed by atoms with Crippen molar-refractivity contribution in [3.8, 4) is 28.7 Å². The van der Waals surface area contributed by atoms with Gasteiger partial charge in [-0.25, -0.2) is 9.97 Å². The van der Waals surface area contributed by atoms with Crippen LogP contribution < -0.4 is 0 Å². The first kappa shape index (κ1) is 28.4. The van der Waals surface area contributed by atoms with Crippen molar-refractivity contribution in [1.29, 1.82) is 0 Å². The Balaban J connectivity index is 1.12. The molecule has 0 saturated heterocycles. The van der Waals surface area contributed by atoms with Gasteiger partial charge in [0.15, 0.2) is 0 Å². The molecule has 0 amide bonds. The third-order valence-corrected chi connectivity index (χ3v) is 10.8. The Kier molecular flexibility index (Phi) is 6.14. The summed E-state index contributed by atoms with van der Waals surface area (Å²) in [6, 6.07) is 45.5. The van der Waals surface area contributed by atoms with Crippen molar-refractivity contribution in [2.24, 2.45) is 0 Å². The molecular weight excluding hydrogens is 623 g/mol. The molecule has 0 aliphatic heterocycles. The SMILES string of the molecule is C1=Cc2c(n(-c3cccc(-c4cccc(-n5c6c(c7c5ccc5c8ccccc8n(-c8ccccc8)c57)C=CCC6)n4)n3)c3ccccc23)CC1. The van der Waals surface area contributed by atoms with E-state index in [0.29, 0.717) is 0 Å². The van der Waals surface area contributed by atoms with E-state index in [1.54, 1.807) is 0 Å². The molecule has 11 rings (SSSR count). The monoisotopic (exact) mass is 655 g/mol. The number of allylic oxidation sites excluding steroid dienone is 2. The van der Waals surface area contributed by atoms with E-state index in [-0.39, 0.29) is 0 Å². The van der Waals surface area contributed by atoms with Gasteiger partial charge in [-0.05, 0) is 80.3 Å². The fourth-order valence-corrected chi connectivity index (χ4v) is 8.68. The number of rotatable bonds is 4. The van der Waals surface area contributed by atoms with E-state index in [4.69, 9.17) is 9.97 Å². The van der Waals surface area contributed by atoms with Gasteiger partial charge in [0.25, 0.3) is 0 Å². The van der Waals surface area contributed by atoms with Crippen LogP contribution in [0.3, 0.4) is 0 Å². The van der Waals surface area contributed by atoms with Crippen molar-refractivity contribution in [3.05, 3.63) is 162 Å². The van der Waals surface area contributed by atoms with Crippen molar-refractivity contribution in [3.63, 3.8) is 0 Å². The second kappa shape index (κ2) is 11.0. The molecule has 5 nitrogen and oxygen atoms in total. The highest BCUT2D eigenvalue weighted by Gasteiger charge is 2.25. The number of aromatic nitrogens is 5. The highest BCUT2D eigenvalue weighted by atomic mass is 15.1. The summed E-state index contributed by atoms with van der Waals surface area (Å²) in [6.07, 6.45) is 13.2. The molecule has 2 aliphatic rings. The standard InChI is InChI=1S/C46H33N5/c1-2-14-30(15-3-1)49-38-22-8-6-18-33(38)34-28-29-42-45(46(34)49)35-19-7-11-25-41(35)51(42)44-27-13-21-37(48-44)36-20-12-26-43(47-36)50-39-23-9-4-16-31(39)32-17-5-10-24-40(32)50/h1-9,12-23,26-29H,10-11,24-25H2. The summed E-state index contributed by atoms with van der Waals surface area (Å²) in [5.74, 6) is 1.84. The molecule has 0 bridgehead atoms. The van der Waals surface area contributed by atoms with Gasteiger partial charge in [0.05, 0.1) is 33.5 Å². The molecule has 0 N–H and O–H groups in total. The summed E-state index contributed by atoms with van der Waals surface area (Å²) in [7, 11) is 0. The fraction of sp³-hybridized carbons (Fsp3) is 0.0870. The largest absolute Gasteiger partial charge is 0.309 e. The molecule has 9 aromatic rings. The topological polar surface area (TPSA) is 40.6 Å². The Hall–Kier alpha value is -6.46. The van der Waals surface area contributed by atoms with Gasteiger partial charge in [0.1, 0.15) is 11.6 Å². The smallest absolute Gasteiger partial charge is 0.138 e. The number of hydrogen-bond acceptors (Lipinski definition) is 2. The first-order valence-corrected chi connectivity index (χ1v) is 17.9. The highest BCUT2D eigenvalue weighted by molar-refractivity contribution is 6.20. The van der Waals surface area contributed by atoms with Gasteiger partial charge in [-0.2, -0.15) is 0 Å². The van der Waals surface area contributed by atoms with Crippen LogP contribution in [0.25, 0.3) is 84.5 Å². The van der Waals surface area contributed by atoms with Gasteiger partial charge in [-0.15, -0.1) is 0 Å². The molecule has 4 aromatic carbocycles. The molecule has 0 fully saturated rings. The zero-order valence-electron chi connectivity index (χ0n) is 28.0. The number of fused-ring (bicyclic) bond motifs is 10. The van der Waals surface area contributed by atoms with Crippen LogP contribution in [-0.4, -0.2) is 23.7 Å². The van der Waals surface area contributed by atoms with E-state index in [9.17, 15) is 0 Å². The first-order valence-electron chi connectivity index (χ1n) is 17.9. The van der Waals surface area contributed by atoms with Crippen LogP contribution in [0.5, 0.6) is 0 Å². The van der Waals surface area contributed by atoms with Crippen LogP contribution in [0.1, 0.15) is 35.4 Å². The molecule has 0 unspecified atom stereocenters. The van der Waals surface area contributed by atoms with E-state index >= 15 is 0 Å². The van der Waals surface area contributed by atoms with E-state index in [1.807, 2.05) is 0 Å². The molecule has 0 radical (unpaired) electrons. The molecule has 242 valence electrons. The van der Waals surface area contributed by atoms with Crippen LogP contribution in [0.4, 0.5) is 0 Å². The third-order valence-electron chi connectivity index (χ3n) is 10.8. The summed E-state index contributed by atoms with van der Waals surface area (Å²) in [4.78, 5) is 10.6. The average molecular weight is 656 g/mol. The van der Waals surface area contributed by atoms with Gasteiger partial charge in [0, 0.05) is 49.7 Å². The van der Waals surface area contributed by atoms with Gasteiger partial charge in [-0.1, -0.05) is 97.1 Å². The van der Waals surface area contributed by atoms with Gasteiger partial charge in [-0.3, -0.25) is 9.13 Å². The molecule has 5 heteroatoms. The van der Waals surface area contributed by atoms with Crippen LogP contribution in [0, 0.1) is 0 Å². The number of para-hydroxylation sites is 3. The lowest BCUT2D eigenvalue weighted by Crippen LogP contribution is -2.07. The maximum atomic E-state index is 5.37. The first-order chi connectivity index (χ1) is 25.3. The molecule has 0 atom stereocenters. The molecule has 51 heavy (non-hydrogen) atoms. The lowest BCUT2D eigenvalue weighted by Gasteiger charge is -2.15. The van der Waals surface area contributed by atoms with Gasteiger partial charge in [0.2, 0.25) is 0 Å². The third kappa shape index (κ3) is 4.15. The maximum absolute atomic E-state index is 5.37. The van der Waals surface area contributed by atoms with Crippen molar-refractivity contribution >= 4 is 55.8 Å². The quantitative estimate of drug-likeness (QED) is 0.189. The van der Waals surface area contributed by atoms with Crippen molar-refractivity contribution < 1.29 is 0 Å².